The van der Waals surface area contributed by atoms with Crippen molar-refractivity contribution in [3.05, 3.63) is 29.3 Å². The van der Waals surface area contributed by atoms with E-state index in [4.69, 9.17) is 11.6 Å². The van der Waals surface area contributed by atoms with E-state index in [1.807, 2.05) is 18.2 Å². The summed E-state index contributed by atoms with van der Waals surface area (Å²) in [5.74, 6) is 0.118. The summed E-state index contributed by atoms with van der Waals surface area (Å²) in [5.41, 5.74) is 0.879. The summed E-state index contributed by atoms with van der Waals surface area (Å²) in [4.78, 5) is 13.4. The second-order valence-corrected chi connectivity index (χ2v) is 4.77. The summed E-state index contributed by atoms with van der Waals surface area (Å²) in [6, 6.07) is 7.36. The van der Waals surface area contributed by atoms with Crippen LogP contribution in [0.3, 0.4) is 0 Å². The van der Waals surface area contributed by atoms with Gasteiger partial charge in [0.25, 0.3) is 0 Å². The van der Waals surface area contributed by atoms with Crippen LogP contribution in [0.15, 0.2) is 24.3 Å². The van der Waals surface area contributed by atoms with Crippen molar-refractivity contribution in [2.45, 2.75) is 11.2 Å². The summed E-state index contributed by atoms with van der Waals surface area (Å²) in [6.07, 6.45) is 0.853. The Hall–Kier alpha value is -0.540. The lowest BCUT2D eigenvalue weighted by molar-refractivity contribution is -0.116. The lowest BCUT2D eigenvalue weighted by Gasteiger charge is -2.15. The van der Waals surface area contributed by atoms with Crippen molar-refractivity contribution in [2.75, 3.05) is 11.4 Å². The molecule has 0 N–H and O–H groups in total. The molecule has 14 heavy (non-hydrogen) atoms. The van der Waals surface area contributed by atoms with Crippen LogP contribution in [0.4, 0.5) is 5.69 Å². The van der Waals surface area contributed by atoms with Gasteiger partial charge < -0.3 is 4.90 Å². The van der Waals surface area contributed by atoms with Gasteiger partial charge in [0.05, 0.1) is 4.83 Å². The molecule has 1 aromatic carbocycles. The molecule has 0 saturated carbocycles. The number of rotatable bonds is 1. The summed E-state index contributed by atoms with van der Waals surface area (Å²) < 4.78 is 0. The molecule has 1 aliphatic heterocycles. The highest BCUT2D eigenvalue weighted by atomic mass is 79.9. The van der Waals surface area contributed by atoms with Gasteiger partial charge in [-0.15, -0.1) is 0 Å². The lowest BCUT2D eigenvalue weighted by atomic mass is 10.3. The number of anilines is 1. The molecule has 2 nitrogen and oxygen atoms in total. The molecule has 0 aromatic heterocycles. The molecule has 0 aliphatic carbocycles. The Kier molecular flexibility index (Phi) is 2.79. The van der Waals surface area contributed by atoms with Crippen LogP contribution < -0.4 is 4.90 Å². The van der Waals surface area contributed by atoms with E-state index < -0.39 is 0 Å². The first-order valence-corrected chi connectivity index (χ1v) is 5.69. The third kappa shape index (κ3) is 1.79. The number of halogens is 2. The average molecular weight is 275 g/mol. The van der Waals surface area contributed by atoms with Crippen molar-refractivity contribution in [2.24, 2.45) is 0 Å². The van der Waals surface area contributed by atoms with Gasteiger partial charge in [-0.25, -0.2) is 0 Å². The smallest absolute Gasteiger partial charge is 0.240 e. The lowest BCUT2D eigenvalue weighted by Crippen LogP contribution is -2.26. The molecule has 1 aromatic rings. The number of nitrogens with zero attached hydrogens (tertiary/aromatic N) is 1. The standard InChI is InChI=1S/C10H9BrClNO/c11-9-4-5-13(10(9)14)8-3-1-2-7(12)6-8/h1-3,6,9H,4-5H2. The highest BCUT2D eigenvalue weighted by molar-refractivity contribution is 9.10. The summed E-state index contributed by atoms with van der Waals surface area (Å²) in [7, 11) is 0. The molecular weight excluding hydrogens is 265 g/mol. The Labute approximate surface area is 96.0 Å². The molecule has 74 valence electrons. The minimum atomic E-state index is -0.0403. The Balaban J connectivity index is 2.28. The number of carbonyl (C=O) groups is 1. The monoisotopic (exact) mass is 273 g/mol. The normalized spacial score (nSPS) is 21.7. The first kappa shape index (κ1) is 9.99. The third-order valence-corrected chi connectivity index (χ3v) is 3.34. The predicted molar refractivity (Wildman–Crippen MR) is 61.1 cm³/mol. The second kappa shape index (κ2) is 3.91. The average Bonchev–Trinajstić information content (AvgIpc) is 2.48. The molecule has 1 saturated heterocycles. The second-order valence-electron chi connectivity index (χ2n) is 3.23. The van der Waals surface area contributed by atoms with Crippen LogP contribution in [-0.4, -0.2) is 17.3 Å². The van der Waals surface area contributed by atoms with Gasteiger partial charge in [-0.3, -0.25) is 4.79 Å². The molecule has 0 bridgehead atoms. The molecule has 1 amide bonds. The predicted octanol–water partition coefficient (Wildman–Crippen LogP) is 2.84. The maximum atomic E-state index is 11.7. The van der Waals surface area contributed by atoms with Gasteiger partial charge in [0, 0.05) is 17.3 Å². The molecule has 1 atom stereocenters. The maximum absolute atomic E-state index is 11.7. The van der Waals surface area contributed by atoms with Crippen LogP contribution in [0.1, 0.15) is 6.42 Å². The minimum absolute atomic E-state index is 0.0403. The highest BCUT2D eigenvalue weighted by Crippen LogP contribution is 2.26. The SMILES string of the molecule is O=C1C(Br)CCN1c1cccc(Cl)c1. The van der Waals surface area contributed by atoms with E-state index in [1.54, 1.807) is 11.0 Å². The van der Waals surface area contributed by atoms with Crippen LogP contribution in [0.5, 0.6) is 0 Å². The Bertz CT molecular complexity index is 369. The zero-order chi connectivity index (χ0) is 10.1. The first-order valence-electron chi connectivity index (χ1n) is 4.39. The van der Waals surface area contributed by atoms with Crippen molar-refractivity contribution in [1.29, 1.82) is 0 Å². The minimum Gasteiger partial charge on any atom is -0.311 e. The van der Waals surface area contributed by atoms with Gasteiger partial charge in [-0.1, -0.05) is 33.6 Å². The van der Waals surface area contributed by atoms with Gasteiger partial charge in [-0.2, -0.15) is 0 Å². The molecule has 0 radical (unpaired) electrons. The number of alkyl halides is 1. The fraction of sp³-hybridized carbons (Fsp3) is 0.300. The van der Waals surface area contributed by atoms with Crippen molar-refractivity contribution < 1.29 is 4.79 Å². The van der Waals surface area contributed by atoms with Crippen LogP contribution in [0.2, 0.25) is 5.02 Å². The molecule has 2 rings (SSSR count). The van der Waals surface area contributed by atoms with Gasteiger partial charge >= 0.3 is 0 Å². The van der Waals surface area contributed by atoms with Gasteiger partial charge in [-0.05, 0) is 24.6 Å². The van der Waals surface area contributed by atoms with Crippen LogP contribution >= 0.6 is 27.5 Å². The Morgan fingerprint density at radius 1 is 1.50 bits per heavy atom. The topological polar surface area (TPSA) is 20.3 Å². The Morgan fingerprint density at radius 3 is 2.86 bits per heavy atom. The summed E-state index contributed by atoms with van der Waals surface area (Å²) >= 11 is 9.19. The van der Waals surface area contributed by atoms with E-state index in [-0.39, 0.29) is 10.7 Å². The number of amides is 1. The van der Waals surface area contributed by atoms with Gasteiger partial charge in [0.1, 0.15) is 0 Å². The van der Waals surface area contributed by atoms with Crippen molar-refractivity contribution >= 4 is 39.1 Å². The quantitative estimate of drug-likeness (QED) is 0.721. The van der Waals surface area contributed by atoms with E-state index >= 15 is 0 Å². The number of hydrogen-bond donors (Lipinski definition) is 0. The van der Waals surface area contributed by atoms with E-state index in [2.05, 4.69) is 15.9 Å². The number of hydrogen-bond acceptors (Lipinski definition) is 1. The van der Waals surface area contributed by atoms with Gasteiger partial charge in [0.2, 0.25) is 5.91 Å². The third-order valence-electron chi connectivity index (χ3n) is 2.26. The van der Waals surface area contributed by atoms with E-state index in [0.29, 0.717) is 5.02 Å². The number of benzene rings is 1. The Morgan fingerprint density at radius 2 is 2.29 bits per heavy atom. The molecule has 1 fully saturated rings. The fourth-order valence-electron chi connectivity index (χ4n) is 1.55. The molecule has 0 spiro atoms. The fourth-order valence-corrected chi connectivity index (χ4v) is 2.18. The van der Waals surface area contributed by atoms with Crippen molar-refractivity contribution in [1.82, 2.24) is 0 Å². The molecule has 4 heteroatoms. The van der Waals surface area contributed by atoms with Crippen molar-refractivity contribution in [3.63, 3.8) is 0 Å². The highest BCUT2D eigenvalue weighted by Gasteiger charge is 2.30. The molecule has 1 aliphatic rings. The van der Waals surface area contributed by atoms with Crippen LogP contribution in [0.25, 0.3) is 0 Å². The van der Waals surface area contributed by atoms with E-state index in [1.165, 1.54) is 0 Å². The summed E-state index contributed by atoms with van der Waals surface area (Å²) in [5, 5.41) is 0.660. The zero-order valence-electron chi connectivity index (χ0n) is 7.41. The van der Waals surface area contributed by atoms with E-state index in [0.717, 1.165) is 18.7 Å². The largest absolute Gasteiger partial charge is 0.311 e. The maximum Gasteiger partial charge on any atom is 0.240 e. The molecule has 1 unspecified atom stereocenters. The molecule has 1 heterocycles. The van der Waals surface area contributed by atoms with Crippen LogP contribution in [0, 0.1) is 0 Å². The number of carbonyl (C=O) groups excluding carboxylic acids is 1. The summed E-state index contributed by atoms with van der Waals surface area (Å²) in [6.45, 7) is 0.759. The van der Waals surface area contributed by atoms with Gasteiger partial charge in [0.15, 0.2) is 0 Å². The molecular formula is C10H9BrClNO. The first-order chi connectivity index (χ1) is 6.68. The van der Waals surface area contributed by atoms with E-state index in [9.17, 15) is 4.79 Å². The van der Waals surface area contributed by atoms with Crippen molar-refractivity contribution in [3.8, 4) is 0 Å². The zero-order valence-corrected chi connectivity index (χ0v) is 9.75. The van der Waals surface area contributed by atoms with Crippen LogP contribution in [-0.2, 0) is 4.79 Å².